The van der Waals surface area contributed by atoms with Crippen molar-refractivity contribution in [3.63, 3.8) is 0 Å². The average molecular weight is 376 g/mol. The summed E-state index contributed by atoms with van der Waals surface area (Å²) < 4.78 is 0.863. The molecule has 0 saturated carbocycles. The highest BCUT2D eigenvalue weighted by Crippen LogP contribution is 2.24. The molecular formula is C18H22BrN3O. The van der Waals surface area contributed by atoms with Crippen molar-refractivity contribution in [3.8, 4) is 0 Å². The van der Waals surface area contributed by atoms with Gasteiger partial charge in [-0.3, -0.25) is 4.79 Å². The molecule has 0 bridgehead atoms. The third-order valence-corrected chi connectivity index (χ3v) is 4.30. The number of halogens is 1. The first-order valence-electron chi connectivity index (χ1n) is 7.76. The van der Waals surface area contributed by atoms with Crippen molar-refractivity contribution in [1.82, 2.24) is 4.98 Å². The first kappa shape index (κ1) is 17.5. The number of anilines is 2. The van der Waals surface area contributed by atoms with Crippen molar-refractivity contribution in [2.45, 2.75) is 26.7 Å². The van der Waals surface area contributed by atoms with Crippen LogP contribution in [0.5, 0.6) is 0 Å². The molecule has 0 saturated heterocycles. The number of carbonyl (C=O) groups excluding carboxylic acids is 1. The van der Waals surface area contributed by atoms with Crippen LogP contribution < -0.4 is 10.2 Å². The van der Waals surface area contributed by atoms with Crippen molar-refractivity contribution in [2.24, 2.45) is 0 Å². The van der Waals surface area contributed by atoms with Gasteiger partial charge in [0, 0.05) is 18.1 Å². The van der Waals surface area contributed by atoms with Crippen molar-refractivity contribution in [1.29, 1.82) is 0 Å². The fourth-order valence-electron chi connectivity index (χ4n) is 2.18. The molecule has 2 aromatic rings. The van der Waals surface area contributed by atoms with Crippen LogP contribution in [0.15, 0.2) is 41.0 Å². The van der Waals surface area contributed by atoms with E-state index in [2.05, 4.69) is 38.1 Å². The van der Waals surface area contributed by atoms with E-state index in [-0.39, 0.29) is 5.91 Å². The van der Waals surface area contributed by atoms with E-state index in [9.17, 15) is 4.79 Å². The second-order valence-corrected chi connectivity index (χ2v) is 6.47. The Balaban J connectivity index is 2.05. The minimum absolute atomic E-state index is 0.211. The molecule has 0 aliphatic carbocycles. The number of nitrogens with zero attached hydrogens (tertiary/aromatic N) is 2. The molecule has 0 spiro atoms. The Hall–Kier alpha value is -1.88. The van der Waals surface area contributed by atoms with E-state index in [1.807, 2.05) is 38.2 Å². The summed E-state index contributed by atoms with van der Waals surface area (Å²) in [6, 6.07) is 9.50. The predicted molar refractivity (Wildman–Crippen MR) is 99.2 cm³/mol. The van der Waals surface area contributed by atoms with Crippen LogP contribution in [0, 0.1) is 6.92 Å². The van der Waals surface area contributed by atoms with Crippen LogP contribution in [0.2, 0.25) is 0 Å². The van der Waals surface area contributed by atoms with Gasteiger partial charge in [-0.1, -0.05) is 19.4 Å². The van der Waals surface area contributed by atoms with Crippen LogP contribution in [-0.2, 0) is 0 Å². The third kappa shape index (κ3) is 4.79. The molecule has 5 heteroatoms. The molecule has 0 atom stereocenters. The summed E-state index contributed by atoms with van der Waals surface area (Å²) in [5, 5.41) is 2.87. The second-order valence-electron chi connectivity index (χ2n) is 5.61. The summed E-state index contributed by atoms with van der Waals surface area (Å²) in [5.41, 5.74) is 3.30. The average Bonchev–Trinajstić information content (AvgIpc) is 2.55. The van der Waals surface area contributed by atoms with Crippen molar-refractivity contribution < 1.29 is 4.79 Å². The molecule has 1 amide bonds. The van der Waals surface area contributed by atoms with Gasteiger partial charge in [0.2, 0.25) is 0 Å². The Morgan fingerprint density at radius 1 is 1.30 bits per heavy atom. The lowest BCUT2D eigenvalue weighted by Crippen LogP contribution is -2.19. The highest BCUT2D eigenvalue weighted by Gasteiger charge is 2.10. The zero-order chi connectivity index (χ0) is 16.8. The number of hydrogen-bond donors (Lipinski definition) is 1. The third-order valence-electron chi connectivity index (χ3n) is 3.64. The number of amides is 1. The normalized spacial score (nSPS) is 10.4. The number of aryl methyl sites for hydroxylation is 1. The molecule has 1 N–H and O–H groups in total. The highest BCUT2D eigenvalue weighted by molar-refractivity contribution is 9.10. The lowest BCUT2D eigenvalue weighted by atomic mass is 10.2. The van der Waals surface area contributed by atoms with E-state index in [0.29, 0.717) is 5.69 Å². The summed E-state index contributed by atoms with van der Waals surface area (Å²) in [7, 11) is 2.04. The van der Waals surface area contributed by atoms with Crippen molar-refractivity contribution in [3.05, 3.63) is 52.3 Å². The molecule has 0 aliphatic rings. The van der Waals surface area contributed by atoms with Crippen LogP contribution in [0.3, 0.4) is 0 Å². The van der Waals surface area contributed by atoms with Crippen LogP contribution in [0.4, 0.5) is 11.4 Å². The van der Waals surface area contributed by atoms with Gasteiger partial charge >= 0.3 is 0 Å². The lowest BCUT2D eigenvalue weighted by molar-refractivity contribution is 0.102. The first-order chi connectivity index (χ1) is 11.0. The van der Waals surface area contributed by atoms with Crippen LogP contribution in [0.25, 0.3) is 0 Å². The molecule has 1 aromatic carbocycles. The predicted octanol–water partition coefficient (Wildman–Crippen LogP) is 4.64. The van der Waals surface area contributed by atoms with Gasteiger partial charge in [-0.05, 0) is 59.1 Å². The zero-order valence-corrected chi connectivity index (χ0v) is 15.4. The Kier molecular flexibility index (Phi) is 6.16. The first-order valence-corrected chi connectivity index (χ1v) is 8.55. The number of unbranched alkanes of at least 4 members (excludes halogenated alkanes) is 1. The summed E-state index contributed by atoms with van der Waals surface area (Å²) in [5.74, 6) is -0.211. The number of aromatic nitrogens is 1. The number of benzene rings is 1. The Bertz CT molecular complexity index is 670. The molecule has 122 valence electrons. The van der Waals surface area contributed by atoms with Crippen LogP contribution in [0.1, 0.15) is 35.8 Å². The van der Waals surface area contributed by atoms with E-state index >= 15 is 0 Å². The second kappa shape index (κ2) is 8.11. The molecule has 0 fully saturated rings. The maximum atomic E-state index is 12.3. The van der Waals surface area contributed by atoms with E-state index in [1.54, 1.807) is 12.3 Å². The SMILES string of the molecule is CCCCN(C)c1ccc(C(=O)Nc2ccc(C)cc2Br)nc1. The molecule has 2 rings (SSSR count). The van der Waals surface area contributed by atoms with Crippen molar-refractivity contribution >= 4 is 33.2 Å². The van der Waals surface area contributed by atoms with Gasteiger partial charge in [0.05, 0.1) is 17.6 Å². The number of carbonyl (C=O) groups is 1. The number of hydrogen-bond acceptors (Lipinski definition) is 3. The van der Waals surface area contributed by atoms with Gasteiger partial charge < -0.3 is 10.2 Å². The Morgan fingerprint density at radius 2 is 2.09 bits per heavy atom. The van der Waals surface area contributed by atoms with Crippen molar-refractivity contribution in [2.75, 3.05) is 23.8 Å². The lowest BCUT2D eigenvalue weighted by Gasteiger charge is -2.18. The largest absolute Gasteiger partial charge is 0.373 e. The fourth-order valence-corrected chi connectivity index (χ4v) is 2.77. The minimum atomic E-state index is -0.211. The summed E-state index contributed by atoms with van der Waals surface area (Å²) in [4.78, 5) is 18.7. The Morgan fingerprint density at radius 3 is 2.70 bits per heavy atom. The molecule has 23 heavy (non-hydrogen) atoms. The quantitative estimate of drug-likeness (QED) is 0.799. The van der Waals surface area contributed by atoms with Gasteiger partial charge in [0.25, 0.3) is 5.91 Å². The van der Waals surface area contributed by atoms with E-state index in [1.165, 1.54) is 0 Å². The minimum Gasteiger partial charge on any atom is -0.373 e. The standard InChI is InChI=1S/C18H22BrN3O/c1-4-5-10-22(3)14-7-9-17(20-12-14)18(23)21-16-8-6-13(2)11-15(16)19/h6-9,11-12H,4-5,10H2,1-3H3,(H,21,23). The van der Waals surface area contributed by atoms with Gasteiger partial charge in [-0.25, -0.2) is 4.98 Å². The topological polar surface area (TPSA) is 45.2 Å². The molecule has 0 aliphatic heterocycles. The fraction of sp³-hybridized carbons (Fsp3) is 0.333. The Labute approximate surface area is 146 Å². The van der Waals surface area contributed by atoms with E-state index < -0.39 is 0 Å². The molecule has 1 heterocycles. The maximum Gasteiger partial charge on any atom is 0.274 e. The van der Waals surface area contributed by atoms with Crippen LogP contribution in [-0.4, -0.2) is 24.5 Å². The number of pyridine rings is 1. The smallest absolute Gasteiger partial charge is 0.274 e. The maximum absolute atomic E-state index is 12.3. The zero-order valence-electron chi connectivity index (χ0n) is 13.8. The van der Waals surface area contributed by atoms with Gasteiger partial charge in [-0.2, -0.15) is 0 Å². The molecule has 0 radical (unpaired) electrons. The van der Waals surface area contributed by atoms with Crippen LogP contribution >= 0.6 is 15.9 Å². The highest BCUT2D eigenvalue weighted by atomic mass is 79.9. The van der Waals surface area contributed by atoms with Gasteiger partial charge in [-0.15, -0.1) is 0 Å². The van der Waals surface area contributed by atoms with Gasteiger partial charge in [0.15, 0.2) is 0 Å². The molecule has 1 aromatic heterocycles. The summed E-state index contributed by atoms with van der Waals surface area (Å²) in [6.45, 7) is 5.16. The van der Waals surface area contributed by atoms with E-state index in [0.717, 1.165) is 40.8 Å². The van der Waals surface area contributed by atoms with Gasteiger partial charge in [0.1, 0.15) is 5.69 Å². The molecule has 4 nitrogen and oxygen atoms in total. The van der Waals surface area contributed by atoms with E-state index in [4.69, 9.17) is 0 Å². The monoisotopic (exact) mass is 375 g/mol. The molecular weight excluding hydrogens is 354 g/mol. The number of nitrogens with one attached hydrogen (secondary N) is 1. The molecule has 0 unspecified atom stereocenters. The number of rotatable bonds is 6. The summed E-state index contributed by atoms with van der Waals surface area (Å²) >= 11 is 3.46. The summed E-state index contributed by atoms with van der Waals surface area (Å²) in [6.07, 6.45) is 4.04.